The van der Waals surface area contributed by atoms with Crippen molar-refractivity contribution in [2.45, 2.75) is 81.8 Å². The third kappa shape index (κ3) is 4.95. The molecule has 1 saturated carbocycles. The molecule has 1 aliphatic carbocycles. The number of nitrogens with zero attached hydrogens (tertiary/aromatic N) is 4. The maximum absolute atomic E-state index is 14.1. The fraction of sp³-hybridized carbons (Fsp3) is 0.577. The number of aliphatic hydroxyl groups excluding tert-OH is 2. The first-order valence-electron chi connectivity index (χ1n) is 12.6. The first kappa shape index (κ1) is 25.0. The van der Waals surface area contributed by atoms with Crippen molar-refractivity contribution in [3.63, 3.8) is 0 Å². The quantitative estimate of drug-likeness (QED) is 0.508. The van der Waals surface area contributed by atoms with Crippen LogP contribution in [-0.2, 0) is 15.9 Å². The molecule has 2 aliphatic rings. The predicted molar refractivity (Wildman–Crippen MR) is 128 cm³/mol. The lowest BCUT2D eigenvalue weighted by Gasteiger charge is -2.43. The van der Waals surface area contributed by atoms with E-state index in [1.807, 2.05) is 6.07 Å². The summed E-state index contributed by atoms with van der Waals surface area (Å²) in [4.78, 5) is 0. The Balaban J connectivity index is 1.39. The van der Waals surface area contributed by atoms with Crippen LogP contribution < -0.4 is 0 Å². The molecule has 5 atom stereocenters. The molecule has 0 radical (unpaired) electrons. The van der Waals surface area contributed by atoms with E-state index < -0.39 is 30.5 Å². The van der Waals surface area contributed by atoms with E-state index in [0.29, 0.717) is 29.2 Å². The Kier molecular flexibility index (Phi) is 7.47. The van der Waals surface area contributed by atoms with Gasteiger partial charge in [-0.15, -0.1) is 5.10 Å². The summed E-state index contributed by atoms with van der Waals surface area (Å²) in [5.74, 6) is 0.963. The number of methoxy groups -OCH3 is 1. The van der Waals surface area contributed by atoms with Gasteiger partial charge in [-0.3, -0.25) is 0 Å². The van der Waals surface area contributed by atoms with E-state index in [1.165, 1.54) is 30.0 Å². The molecule has 1 aromatic carbocycles. The van der Waals surface area contributed by atoms with Crippen LogP contribution >= 0.6 is 0 Å². The number of aryl methyl sites for hydroxylation is 1. The van der Waals surface area contributed by atoms with Crippen molar-refractivity contribution in [3.8, 4) is 11.3 Å². The van der Waals surface area contributed by atoms with E-state index in [4.69, 9.17) is 14.0 Å². The summed E-state index contributed by atoms with van der Waals surface area (Å²) in [6, 6.07) is 6.16. The average molecular weight is 501 g/mol. The van der Waals surface area contributed by atoms with Gasteiger partial charge in [-0.25, -0.2) is 9.07 Å². The van der Waals surface area contributed by atoms with Gasteiger partial charge in [0, 0.05) is 31.1 Å². The van der Waals surface area contributed by atoms with Crippen molar-refractivity contribution in [3.05, 3.63) is 53.3 Å². The van der Waals surface area contributed by atoms with E-state index in [0.717, 1.165) is 24.3 Å². The third-order valence-corrected chi connectivity index (χ3v) is 7.51. The number of ether oxygens (including phenoxy) is 2. The molecule has 10 heteroatoms. The summed E-state index contributed by atoms with van der Waals surface area (Å²) in [5, 5.41) is 33.7. The van der Waals surface area contributed by atoms with Crippen molar-refractivity contribution >= 4 is 0 Å². The van der Waals surface area contributed by atoms with Crippen LogP contribution in [0, 0.1) is 12.7 Å². The SMILES string of the molecule is CO[C@@H]1[C@@H](n2cc(-c3ccc(C)c(F)c3)nn2)[C@@H](O)[C@@H](CO)O[C@@H]1Cc1cc(C2CCCCC2)on1. The fourth-order valence-electron chi connectivity index (χ4n) is 5.45. The zero-order valence-corrected chi connectivity index (χ0v) is 20.6. The molecule has 2 aromatic heterocycles. The molecule has 3 heterocycles. The Bertz CT molecular complexity index is 1160. The summed E-state index contributed by atoms with van der Waals surface area (Å²) in [5.41, 5.74) is 2.32. The molecule has 1 saturated heterocycles. The van der Waals surface area contributed by atoms with E-state index in [9.17, 15) is 14.6 Å². The number of aliphatic hydroxyl groups is 2. The highest BCUT2D eigenvalue weighted by Crippen LogP contribution is 2.36. The molecule has 9 nitrogen and oxygen atoms in total. The number of benzene rings is 1. The normalized spacial score (nSPS) is 27.4. The lowest BCUT2D eigenvalue weighted by atomic mass is 9.87. The van der Waals surface area contributed by atoms with Gasteiger partial charge in [0.2, 0.25) is 0 Å². The molecule has 0 spiro atoms. The Morgan fingerprint density at radius 3 is 2.69 bits per heavy atom. The van der Waals surface area contributed by atoms with Gasteiger partial charge in [-0.2, -0.15) is 0 Å². The molecule has 36 heavy (non-hydrogen) atoms. The van der Waals surface area contributed by atoms with E-state index >= 15 is 0 Å². The van der Waals surface area contributed by atoms with Crippen LogP contribution in [-0.4, -0.2) is 68.5 Å². The van der Waals surface area contributed by atoms with Gasteiger partial charge in [0.1, 0.15) is 41.6 Å². The number of halogens is 1. The smallest absolute Gasteiger partial charge is 0.140 e. The number of hydrogen-bond acceptors (Lipinski definition) is 8. The molecule has 0 amide bonds. The summed E-state index contributed by atoms with van der Waals surface area (Å²) < 4.78 is 33.2. The van der Waals surface area contributed by atoms with E-state index in [-0.39, 0.29) is 12.4 Å². The molecule has 2 N–H and O–H groups in total. The average Bonchev–Trinajstić information content (AvgIpc) is 3.57. The Morgan fingerprint density at radius 1 is 1.17 bits per heavy atom. The largest absolute Gasteiger partial charge is 0.394 e. The van der Waals surface area contributed by atoms with E-state index in [2.05, 4.69) is 15.5 Å². The van der Waals surface area contributed by atoms with Crippen LogP contribution in [0.3, 0.4) is 0 Å². The molecule has 1 aliphatic heterocycles. The summed E-state index contributed by atoms with van der Waals surface area (Å²) >= 11 is 0. The van der Waals surface area contributed by atoms with Crippen LogP contribution in [0.15, 0.2) is 35.0 Å². The van der Waals surface area contributed by atoms with Gasteiger partial charge in [0.25, 0.3) is 0 Å². The van der Waals surface area contributed by atoms with Crippen LogP contribution in [0.25, 0.3) is 11.3 Å². The Morgan fingerprint density at radius 2 is 1.97 bits per heavy atom. The molecule has 194 valence electrons. The zero-order valence-electron chi connectivity index (χ0n) is 20.6. The highest BCUT2D eigenvalue weighted by molar-refractivity contribution is 5.58. The maximum atomic E-state index is 14.1. The first-order valence-corrected chi connectivity index (χ1v) is 12.6. The monoisotopic (exact) mass is 500 g/mol. The van der Waals surface area contributed by atoms with Gasteiger partial charge < -0.3 is 24.2 Å². The lowest BCUT2D eigenvalue weighted by molar-refractivity contribution is -0.212. The Labute approximate surface area is 209 Å². The second-order valence-corrected chi connectivity index (χ2v) is 9.88. The minimum absolute atomic E-state index is 0.330. The predicted octanol–water partition coefficient (Wildman–Crippen LogP) is 3.35. The van der Waals surface area contributed by atoms with Gasteiger partial charge in [-0.05, 0) is 31.4 Å². The molecule has 0 bridgehead atoms. The molecule has 3 aromatic rings. The number of rotatable bonds is 7. The van der Waals surface area contributed by atoms with Crippen LogP contribution in [0.5, 0.6) is 0 Å². The van der Waals surface area contributed by atoms with Gasteiger partial charge in [-0.1, -0.05) is 41.8 Å². The highest BCUT2D eigenvalue weighted by Gasteiger charge is 2.47. The van der Waals surface area contributed by atoms with Crippen molar-refractivity contribution in [2.24, 2.45) is 0 Å². The Hall–Kier alpha value is -2.66. The minimum Gasteiger partial charge on any atom is -0.394 e. The zero-order chi connectivity index (χ0) is 25.2. The van der Waals surface area contributed by atoms with Crippen LogP contribution in [0.1, 0.15) is 61.1 Å². The maximum Gasteiger partial charge on any atom is 0.140 e. The standard InChI is InChI=1S/C26H33FN4O5/c1-15-8-9-17(10-19(15)27)20-13-31(30-28-20)24-25(33)23(14-32)35-22(26(24)34-2)12-18-11-21(36-29-18)16-6-4-3-5-7-16/h8-11,13,16,22-26,32-33H,3-7,12,14H2,1-2H3/t22-,23-,24+,25+,26+/m1/s1. The van der Waals surface area contributed by atoms with E-state index in [1.54, 1.807) is 32.4 Å². The van der Waals surface area contributed by atoms with Crippen LogP contribution in [0.2, 0.25) is 0 Å². The summed E-state index contributed by atoms with van der Waals surface area (Å²) in [6.45, 7) is 1.32. The fourth-order valence-corrected chi connectivity index (χ4v) is 5.45. The van der Waals surface area contributed by atoms with Gasteiger partial charge in [0.15, 0.2) is 0 Å². The van der Waals surface area contributed by atoms with Gasteiger partial charge >= 0.3 is 0 Å². The summed E-state index contributed by atoms with van der Waals surface area (Å²) in [7, 11) is 1.55. The molecular weight excluding hydrogens is 467 g/mol. The van der Waals surface area contributed by atoms with Gasteiger partial charge in [0.05, 0.1) is 24.6 Å². The van der Waals surface area contributed by atoms with Crippen molar-refractivity contribution < 1.29 is 28.6 Å². The molecular formula is C26H33FN4O5. The molecule has 0 unspecified atom stereocenters. The second kappa shape index (κ2) is 10.8. The minimum atomic E-state index is -1.10. The first-order chi connectivity index (χ1) is 17.5. The topological polar surface area (TPSA) is 116 Å². The number of hydrogen-bond donors (Lipinski definition) is 2. The molecule has 5 rings (SSSR count). The van der Waals surface area contributed by atoms with Crippen molar-refractivity contribution in [2.75, 3.05) is 13.7 Å². The highest BCUT2D eigenvalue weighted by atomic mass is 19.1. The number of aromatic nitrogens is 4. The third-order valence-electron chi connectivity index (χ3n) is 7.51. The molecule has 2 fully saturated rings. The van der Waals surface area contributed by atoms with Crippen molar-refractivity contribution in [1.29, 1.82) is 0 Å². The lowest BCUT2D eigenvalue weighted by Crippen LogP contribution is -2.57. The van der Waals surface area contributed by atoms with Crippen molar-refractivity contribution in [1.82, 2.24) is 20.2 Å². The summed E-state index contributed by atoms with van der Waals surface area (Å²) in [6.07, 6.45) is 4.84. The van der Waals surface area contributed by atoms with Crippen LogP contribution in [0.4, 0.5) is 4.39 Å². The second-order valence-electron chi connectivity index (χ2n) is 9.88.